The highest BCUT2D eigenvalue weighted by atomic mass is 32.2. The number of hydrogen-bond acceptors (Lipinski definition) is 3. The van der Waals surface area contributed by atoms with Gasteiger partial charge in [0.15, 0.2) is 0 Å². The van der Waals surface area contributed by atoms with Crippen LogP contribution in [0.25, 0.3) is 0 Å². The molecule has 0 aliphatic heterocycles. The van der Waals surface area contributed by atoms with E-state index in [0.29, 0.717) is 0 Å². The minimum atomic E-state index is -0.0699. The lowest BCUT2D eigenvalue weighted by Gasteiger charge is -2.12. The molecule has 0 radical (unpaired) electrons. The van der Waals surface area contributed by atoms with E-state index >= 15 is 0 Å². The van der Waals surface area contributed by atoms with Gasteiger partial charge in [0.2, 0.25) is 5.91 Å². The normalized spacial score (nSPS) is 11.9. The molecule has 0 heterocycles. The van der Waals surface area contributed by atoms with Crippen molar-refractivity contribution in [3.63, 3.8) is 0 Å². The second-order valence-electron chi connectivity index (χ2n) is 5.40. The highest BCUT2D eigenvalue weighted by molar-refractivity contribution is 8.00. The Morgan fingerprint density at radius 3 is 2.48 bits per heavy atom. The average molecular weight is 346 g/mol. The molecule has 1 amide bonds. The molecule has 0 fully saturated rings. The van der Waals surface area contributed by atoms with Crippen molar-refractivity contribution in [1.82, 2.24) is 5.32 Å². The first-order valence-corrected chi connectivity index (χ1v) is 9.81. The van der Waals surface area contributed by atoms with E-state index in [1.807, 2.05) is 49.0 Å². The number of carbonyl (C=O) groups is 1. The van der Waals surface area contributed by atoms with Gasteiger partial charge in [-0.1, -0.05) is 48.0 Å². The molecule has 1 N–H and O–H groups in total. The van der Waals surface area contributed by atoms with Gasteiger partial charge in [0.25, 0.3) is 0 Å². The molecule has 0 spiro atoms. The molecule has 0 aliphatic carbocycles. The van der Waals surface area contributed by atoms with Crippen LogP contribution in [0.5, 0.6) is 0 Å². The molecule has 2 rings (SSSR count). The Labute approximate surface area is 147 Å². The fourth-order valence-corrected chi connectivity index (χ4v) is 3.75. The standard InChI is InChI=1S/C19H23NOS2/c1-15-8-10-17(11-9-15)14-22-13-12-20-19(21)16(2)23-18-6-4-3-5-7-18/h3-11,16H,12-14H2,1-2H3,(H,20,21). The van der Waals surface area contributed by atoms with Gasteiger partial charge >= 0.3 is 0 Å². The van der Waals surface area contributed by atoms with Crippen molar-refractivity contribution in [3.05, 3.63) is 65.7 Å². The molecule has 2 aromatic carbocycles. The highest BCUT2D eigenvalue weighted by Gasteiger charge is 2.13. The maximum atomic E-state index is 12.1. The third-order valence-corrected chi connectivity index (χ3v) is 5.50. The second kappa shape index (κ2) is 9.68. The minimum Gasteiger partial charge on any atom is -0.354 e. The van der Waals surface area contributed by atoms with Crippen molar-refractivity contribution in [3.8, 4) is 0 Å². The lowest BCUT2D eigenvalue weighted by atomic mass is 10.2. The Morgan fingerprint density at radius 1 is 1.09 bits per heavy atom. The van der Waals surface area contributed by atoms with E-state index in [9.17, 15) is 4.79 Å². The highest BCUT2D eigenvalue weighted by Crippen LogP contribution is 2.22. The van der Waals surface area contributed by atoms with Crippen LogP contribution in [-0.4, -0.2) is 23.5 Å². The second-order valence-corrected chi connectivity index (χ2v) is 7.92. The lowest BCUT2D eigenvalue weighted by Crippen LogP contribution is -2.32. The van der Waals surface area contributed by atoms with Crippen LogP contribution in [0.3, 0.4) is 0 Å². The molecule has 2 nitrogen and oxygen atoms in total. The first kappa shape index (κ1) is 18.0. The Balaban J connectivity index is 1.61. The van der Waals surface area contributed by atoms with Gasteiger partial charge in [-0.15, -0.1) is 11.8 Å². The third-order valence-electron chi connectivity index (χ3n) is 3.36. The zero-order valence-corrected chi connectivity index (χ0v) is 15.3. The summed E-state index contributed by atoms with van der Waals surface area (Å²) in [5.74, 6) is 2.03. The van der Waals surface area contributed by atoms with Gasteiger partial charge in [0.05, 0.1) is 5.25 Å². The SMILES string of the molecule is Cc1ccc(CSCCNC(=O)C(C)Sc2ccccc2)cc1. The fraction of sp³-hybridized carbons (Fsp3) is 0.316. The van der Waals surface area contributed by atoms with Gasteiger partial charge in [0.1, 0.15) is 0 Å². The number of rotatable bonds is 8. The predicted molar refractivity (Wildman–Crippen MR) is 102 cm³/mol. The molecule has 0 saturated heterocycles. The third kappa shape index (κ3) is 6.71. The molecule has 0 saturated carbocycles. The number of amides is 1. The van der Waals surface area contributed by atoms with Crippen molar-refractivity contribution < 1.29 is 4.79 Å². The quantitative estimate of drug-likeness (QED) is 0.563. The van der Waals surface area contributed by atoms with E-state index in [2.05, 4.69) is 36.5 Å². The molecule has 0 aromatic heterocycles. The van der Waals surface area contributed by atoms with Crippen molar-refractivity contribution in [1.29, 1.82) is 0 Å². The summed E-state index contributed by atoms with van der Waals surface area (Å²) in [6.07, 6.45) is 0. The molecule has 23 heavy (non-hydrogen) atoms. The number of benzene rings is 2. The van der Waals surface area contributed by atoms with Crippen LogP contribution in [0.15, 0.2) is 59.5 Å². The van der Waals surface area contributed by atoms with Gasteiger partial charge in [-0.05, 0) is 31.5 Å². The van der Waals surface area contributed by atoms with Crippen LogP contribution in [0.2, 0.25) is 0 Å². The molecule has 1 unspecified atom stereocenters. The van der Waals surface area contributed by atoms with Gasteiger partial charge in [-0.3, -0.25) is 4.79 Å². The van der Waals surface area contributed by atoms with Crippen LogP contribution in [0.4, 0.5) is 0 Å². The molecule has 0 aliphatic rings. The van der Waals surface area contributed by atoms with Crippen molar-refractivity contribution in [2.24, 2.45) is 0 Å². The average Bonchev–Trinajstić information content (AvgIpc) is 2.57. The molecule has 1 atom stereocenters. The Morgan fingerprint density at radius 2 is 1.78 bits per heavy atom. The Bertz CT molecular complexity index is 599. The van der Waals surface area contributed by atoms with Crippen molar-refractivity contribution in [2.75, 3.05) is 12.3 Å². The Hall–Kier alpha value is -1.39. The summed E-state index contributed by atoms with van der Waals surface area (Å²) in [5.41, 5.74) is 2.62. The van der Waals surface area contributed by atoms with Crippen molar-refractivity contribution in [2.45, 2.75) is 29.7 Å². The number of carbonyl (C=O) groups excluding carboxylic acids is 1. The van der Waals surface area contributed by atoms with Crippen LogP contribution >= 0.6 is 23.5 Å². The first-order chi connectivity index (χ1) is 11.1. The number of thioether (sulfide) groups is 2. The van der Waals surface area contributed by atoms with E-state index in [1.165, 1.54) is 11.1 Å². The number of hydrogen-bond donors (Lipinski definition) is 1. The van der Waals surface area contributed by atoms with Gasteiger partial charge in [0, 0.05) is 22.9 Å². The molecular weight excluding hydrogens is 322 g/mol. The summed E-state index contributed by atoms with van der Waals surface area (Å²) in [5, 5.41) is 2.95. The summed E-state index contributed by atoms with van der Waals surface area (Å²) in [6.45, 7) is 4.77. The monoisotopic (exact) mass is 345 g/mol. The van der Waals surface area contributed by atoms with Crippen LogP contribution in [0.1, 0.15) is 18.1 Å². The molecular formula is C19H23NOS2. The van der Waals surface area contributed by atoms with E-state index < -0.39 is 0 Å². The smallest absolute Gasteiger partial charge is 0.233 e. The number of nitrogens with one attached hydrogen (secondary N) is 1. The Kier molecular flexibility index (Phi) is 7.56. The molecule has 0 bridgehead atoms. The van der Waals surface area contributed by atoms with Gasteiger partial charge < -0.3 is 5.32 Å². The zero-order chi connectivity index (χ0) is 16.5. The molecule has 122 valence electrons. The zero-order valence-electron chi connectivity index (χ0n) is 13.6. The molecule has 4 heteroatoms. The van der Waals surface area contributed by atoms with E-state index in [0.717, 1.165) is 22.9 Å². The maximum absolute atomic E-state index is 12.1. The summed E-state index contributed by atoms with van der Waals surface area (Å²) >= 11 is 3.44. The first-order valence-electron chi connectivity index (χ1n) is 7.78. The van der Waals surface area contributed by atoms with E-state index in [4.69, 9.17) is 0 Å². The summed E-state index contributed by atoms with van der Waals surface area (Å²) < 4.78 is 0. The lowest BCUT2D eigenvalue weighted by molar-refractivity contribution is -0.120. The van der Waals surface area contributed by atoms with Crippen LogP contribution in [0, 0.1) is 6.92 Å². The topological polar surface area (TPSA) is 29.1 Å². The van der Waals surface area contributed by atoms with Crippen LogP contribution < -0.4 is 5.32 Å². The summed E-state index contributed by atoms with van der Waals surface area (Å²) in [4.78, 5) is 13.2. The summed E-state index contributed by atoms with van der Waals surface area (Å²) in [7, 11) is 0. The number of aryl methyl sites for hydroxylation is 1. The largest absolute Gasteiger partial charge is 0.354 e. The minimum absolute atomic E-state index is 0.0699. The predicted octanol–water partition coefficient (Wildman–Crippen LogP) is 4.53. The van der Waals surface area contributed by atoms with Gasteiger partial charge in [-0.2, -0.15) is 11.8 Å². The summed E-state index contributed by atoms with van der Waals surface area (Å²) in [6, 6.07) is 18.7. The maximum Gasteiger partial charge on any atom is 0.233 e. The van der Waals surface area contributed by atoms with Gasteiger partial charge in [-0.25, -0.2) is 0 Å². The fourth-order valence-electron chi connectivity index (χ4n) is 2.02. The van der Waals surface area contributed by atoms with Crippen LogP contribution in [-0.2, 0) is 10.5 Å². The molecule has 2 aromatic rings. The van der Waals surface area contributed by atoms with E-state index in [1.54, 1.807) is 11.8 Å². The van der Waals surface area contributed by atoms with Crippen molar-refractivity contribution >= 4 is 29.4 Å². The van der Waals surface area contributed by atoms with E-state index in [-0.39, 0.29) is 11.2 Å².